The summed E-state index contributed by atoms with van der Waals surface area (Å²) in [6, 6.07) is 14.1. The molecule has 34 heavy (non-hydrogen) atoms. The molecule has 0 heterocycles. The Morgan fingerprint density at radius 1 is 0.941 bits per heavy atom. The molecule has 0 saturated carbocycles. The fourth-order valence-electron chi connectivity index (χ4n) is 3.44. The molecular formula is C26H37N3O4S. The number of hydrogen-bond acceptors (Lipinski definition) is 4. The maximum absolute atomic E-state index is 13.5. The molecule has 0 unspecified atom stereocenters. The van der Waals surface area contributed by atoms with Crippen LogP contribution in [-0.4, -0.2) is 50.5 Å². The zero-order valence-corrected chi connectivity index (χ0v) is 21.9. The third kappa shape index (κ3) is 7.87. The molecule has 0 spiro atoms. The highest BCUT2D eigenvalue weighted by Gasteiger charge is 2.30. The summed E-state index contributed by atoms with van der Waals surface area (Å²) in [4.78, 5) is 27.8. The Balaban J connectivity index is 2.34. The Labute approximate surface area is 204 Å². The van der Waals surface area contributed by atoms with E-state index in [1.165, 1.54) is 4.90 Å². The fourth-order valence-corrected chi connectivity index (χ4v) is 4.29. The van der Waals surface area contributed by atoms with E-state index in [0.717, 1.165) is 33.7 Å². The summed E-state index contributed by atoms with van der Waals surface area (Å²) in [6.45, 7) is 9.95. The smallest absolute Gasteiger partial charge is 0.244 e. The first-order valence-corrected chi connectivity index (χ1v) is 13.5. The number of anilines is 1. The lowest BCUT2D eigenvalue weighted by atomic mass is 10.1. The molecule has 1 N–H and O–H groups in total. The molecule has 0 fully saturated rings. The SMILES string of the molecule is CCc1ccc(N(CC(=O)N(Cc2ccc(C)cc2)[C@@H](C)C(=O)NCC(C)C)S(C)(=O)=O)cc1. The summed E-state index contributed by atoms with van der Waals surface area (Å²) in [6.07, 6.45) is 1.91. The van der Waals surface area contributed by atoms with Crippen LogP contribution in [0, 0.1) is 12.8 Å². The van der Waals surface area contributed by atoms with Crippen molar-refractivity contribution < 1.29 is 18.0 Å². The average Bonchev–Trinajstić information content (AvgIpc) is 2.79. The van der Waals surface area contributed by atoms with Crippen LogP contribution in [0.25, 0.3) is 0 Å². The lowest BCUT2D eigenvalue weighted by Gasteiger charge is -2.31. The first-order chi connectivity index (χ1) is 15.9. The predicted octanol–water partition coefficient (Wildman–Crippen LogP) is 3.51. The van der Waals surface area contributed by atoms with Crippen molar-refractivity contribution in [1.29, 1.82) is 0 Å². The molecule has 2 amide bonds. The number of rotatable bonds is 11. The maximum Gasteiger partial charge on any atom is 0.244 e. The third-order valence-corrected chi connectivity index (χ3v) is 6.78. The van der Waals surface area contributed by atoms with Crippen molar-refractivity contribution in [3.05, 3.63) is 65.2 Å². The molecule has 1 atom stereocenters. The van der Waals surface area contributed by atoms with E-state index in [9.17, 15) is 18.0 Å². The quantitative estimate of drug-likeness (QED) is 0.525. The van der Waals surface area contributed by atoms with E-state index in [-0.39, 0.29) is 18.4 Å². The lowest BCUT2D eigenvalue weighted by Crippen LogP contribution is -2.51. The van der Waals surface area contributed by atoms with E-state index in [1.54, 1.807) is 19.1 Å². The Morgan fingerprint density at radius 3 is 2.00 bits per heavy atom. The van der Waals surface area contributed by atoms with E-state index in [1.807, 2.05) is 64.1 Å². The molecule has 0 aromatic heterocycles. The second-order valence-electron chi connectivity index (χ2n) is 9.11. The average molecular weight is 488 g/mol. The van der Waals surface area contributed by atoms with Gasteiger partial charge in [-0.3, -0.25) is 13.9 Å². The lowest BCUT2D eigenvalue weighted by molar-refractivity contribution is -0.139. The van der Waals surface area contributed by atoms with Crippen LogP contribution in [0.3, 0.4) is 0 Å². The Bertz CT molecular complexity index is 1060. The molecule has 2 aromatic carbocycles. The predicted molar refractivity (Wildman–Crippen MR) is 137 cm³/mol. The number of nitrogens with zero attached hydrogens (tertiary/aromatic N) is 2. The molecule has 0 radical (unpaired) electrons. The monoisotopic (exact) mass is 487 g/mol. The van der Waals surface area contributed by atoms with Gasteiger partial charge in [0, 0.05) is 13.1 Å². The van der Waals surface area contributed by atoms with Crippen LogP contribution in [0.5, 0.6) is 0 Å². The number of carbonyl (C=O) groups excluding carboxylic acids is 2. The van der Waals surface area contributed by atoms with Crippen molar-refractivity contribution in [1.82, 2.24) is 10.2 Å². The maximum atomic E-state index is 13.5. The number of amides is 2. The van der Waals surface area contributed by atoms with Gasteiger partial charge in [0.15, 0.2) is 0 Å². The molecule has 0 saturated heterocycles. The standard InChI is InChI=1S/C26H37N3O4S/c1-7-22-12-14-24(15-13-22)29(34(6,32)33)18-25(30)28(17-23-10-8-20(4)9-11-23)21(5)26(31)27-16-19(2)3/h8-15,19,21H,7,16-18H2,1-6H3,(H,27,31)/t21-/m0/s1. The van der Waals surface area contributed by atoms with Crippen molar-refractivity contribution in [3.8, 4) is 0 Å². The first kappa shape index (κ1) is 27.4. The number of nitrogens with one attached hydrogen (secondary N) is 1. The van der Waals surface area contributed by atoms with Gasteiger partial charge in [-0.15, -0.1) is 0 Å². The van der Waals surface area contributed by atoms with Gasteiger partial charge >= 0.3 is 0 Å². The van der Waals surface area contributed by atoms with Crippen LogP contribution in [0.4, 0.5) is 5.69 Å². The summed E-state index contributed by atoms with van der Waals surface area (Å²) >= 11 is 0. The Morgan fingerprint density at radius 2 is 1.50 bits per heavy atom. The third-order valence-electron chi connectivity index (χ3n) is 5.64. The van der Waals surface area contributed by atoms with Gasteiger partial charge in [-0.25, -0.2) is 8.42 Å². The van der Waals surface area contributed by atoms with Crippen molar-refractivity contribution >= 4 is 27.5 Å². The van der Waals surface area contributed by atoms with Gasteiger partial charge in [0.2, 0.25) is 21.8 Å². The molecule has 7 nitrogen and oxygen atoms in total. The van der Waals surface area contributed by atoms with Crippen LogP contribution < -0.4 is 9.62 Å². The first-order valence-electron chi connectivity index (χ1n) is 11.6. The van der Waals surface area contributed by atoms with E-state index in [4.69, 9.17) is 0 Å². The number of carbonyl (C=O) groups is 2. The highest BCUT2D eigenvalue weighted by atomic mass is 32.2. The summed E-state index contributed by atoms with van der Waals surface area (Å²) in [5, 5.41) is 2.88. The highest BCUT2D eigenvalue weighted by Crippen LogP contribution is 2.20. The van der Waals surface area contributed by atoms with Crippen LogP contribution in [0.2, 0.25) is 0 Å². The fraction of sp³-hybridized carbons (Fsp3) is 0.462. The minimum Gasteiger partial charge on any atom is -0.354 e. The van der Waals surface area contributed by atoms with Gasteiger partial charge in [0.05, 0.1) is 11.9 Å². The molecule has 0 aliphatic carbocycles. The molecule has 0 aliphatic rings. The summed E-state index contributed by atoms with van der Waals surface area (Å²) in [5.41, 5.74) is 3.43. The Kier molecular flexibility index (Phi) is 9.67. The second-order valence-corrected chi connectivity index (χ2v) is 11.0. The normalized spacial score (nSPS) is 12.3. The van der Waals surface area contributed by atoms with E-state index in [2.05, 4.69) is 5.32 Å². The number of aryl methyl sites for hydroxylation is 2. The van der Waals surface area contributed by atoms with Crippen molar-refractivity contribution in [2.45, 2.75) is 53.6 Å². The molecular weight excluding hydrogens is 450 g/mol. The summed E-state index contributed by atoms with van der Waals surface area (Å²) < 4.78 is 26.3. The van der Waals surface area contributed by atoms with Crippen molar-refractivity contribution in [2.75, 3.05) is 23.7 Å². The molecule has 0 bridgehead atoms. The highest BCUT2D eigenvalue weighted by molar-refractivity contribution is 7.92. The number of sulfonamides is 1. The zero-order chi connectivity index (χ0) is 25.5. The number of benzene rings is 2. The number of hydrogen-bond donors (Lipinski definition) is 1. The summed E-state index contributed by atoms with van der Waals surface area (Å²) in [5.74, 6) is -0.450. The van der Waals surface area contributed by atoms with Crippen LogP contribution in [-0.2, 0) is 32.6 Å². The van der Waals surface area contributed by atoms with Gasteiger partial charge in [-0.2, -0.15) is 0 Å². The molecule has 0 aliphatic heterocycles. The van der Waals surface area contributed by atoms with Crippen LogP contribution in [0.15, 0.2) is 48.5 Å². The second kappa shape index (κ2) is 12.0. The van der Waals surface area contributed by atoms with E-state index >= 15 is 0 Å². The minimum absolute atomic E-state index is 0.196. The van der Waals surface area contributed by atoms with Gasteiger partial charge in [-0.05, 0) is 49.4 Å². The van der Waals surface area contributed by atoms with E-state index < -0.39 is 28.5 Å². The van der Waals surface area contributed by atoms with Gasteiger partial charge in [0.25, 0.3) is 0 Å². The molecule has 2 rings (SSSR count). The zero-order valence-electron chi connectivity index (χ0n) is 21.0. The van der Waals surface area contributed by atoms with Crippen molar-refractivity contribution in [3.63, 3.8) is 0 Å². The van der Waals surface area contributed by atoms with Gasteiger partial charge < -0.3 is 10.2 Å². The minimum atomic E-state index is -3.73. The van der Waals surface area contributed by atoms with Gasteiger partial charge in [-0.1, -0.05) is 62.7 Å². The van der Waals surface area contributed by atoms with Crippen LogP contribution >= 0.6 is 0 Å². The molecule has 186 valence electrons. The van der Waals surface area contributed by atoms with Crippen molar-refractivity contribution in [2.24, 2.45) is 5.92 Å². The Hall–Kier alpha value is -2.87. The largest absolute Gasteiger partial charge is 0.354 e. The van der Waals surface area contributed by atoms with Crippen LogP contribution in [0.1, 0.15) is 44.4 Å². The topological polar surface area (TPSA) is 86.8 Å². The summed E-state index contributed by atoms with van der Waals surface area (Å²) in [7, 11) is -3.73. The van der Waals surface area contributed by atoms with E-state index in [0.29, 0.717) is 12.2 Å². The molecule has 2 aromatic rings. The molecule has 8 heteroatoms. The van der Waals surface area contributed by atoms with Gasteiger partial charge in [0.1, 0.15) is 12.6 Å².